The van der Waals surface area contributed by atoms with Crippen molar-refractivity contribution in [2.45, 2.75) is 27.7 Å². The molecule has 0 spiro atoms. The highest BCUT2D eigenvalue weighted by atomic mass is 16.5. The predicted molar refractivity (Wildman–Crippen MR) is 125 cm³/mol. The van der Waals surface area contributed by atoms with Crippen LogP contribution in [-0.4, -0.2) is 0 Å². The third-order valence-corrected chi connectivity index (χ3v) is 4.46. The molecular weight excluding hydrogens is 368 g/mol. The van der Waals surface area contributed by atoms with Gasteiger partial charge in [0.2, 0.25) is 0 Å². The molecule has 0 unspecified atom stereocenters. The average molecular weight is 397 g/mol. The smallest absolute Gasteiger partial charge is 0.127 e. The van der Waals surface area contributed by atoms with Gasteiger partial charge in [0.1, 0.15) is 23.0 Å². The Morgan fingerprint density at radius 2 is 0.733 bits per heavy atom. The van der Waals surface area contributed by atoms with Crippen molar-refractivity contribution in [1.29, 1.82) is 0 Å². The number of hydrogen-bond acceptors (Lipinski definition) is 2. The van der Waals surface area contributed by atoms with Crippen LogP contribution in [0, 0.1) is 27.7 Å². The van der Waals surface area contributed by atoms with E-state index in [1.807, 2.05) is 78.9 Å². The van der Waals surface area contributed by atoms with Crippen molar-refractivity contribution in [3.63, 3.8) is 0 Å². The summed E-state index contributed by atoms with van der Waals surface area (Å²) in [7, 11) is 0. The van der Waals surface area contributed by atoms with Crippen LogP contribution in [0.5, 0.6) is 23.0 Å². The summed E-state index contributed by atoms with van der Waals surface area (Å²) in [6.07, 6.45) is 0. The zero-order chi connectivity index (χ0) is 21.3. The molecule has 2 nitrogen and oxygen atoms in total. The molecule has 0 saturated carbocycles. The lowest BCUT2D eigenvalue weighted by molar-refractivity contribution is 0.481. The van der Waals surface area contributed by atoms with Crippen molar-refractivity contribution < 1.29 is 9.47 Å². The molecule has 0 radical (unpaired) electrons. The lowest BCUT2D eigenvalue weighted by Gasteiger charge is -2.06. The zero-order valence-corrected chi connectivity index (χ0v) is 18.1. The van der Waals surface area contributed by atoms with Gasteiger partial charge in [-0.2, -0.15) is 0 Å². The molecule has 0 fully saturated rings. The minimum Gasteiger partial charge on any atom is -0.457 e. The van der Waals surface area contributed by atoms with Gasteiger partial charge in [-0.05, 0) is 92.9 Å². The molecule has 0 N–H and O–H groups in total. The van der Waals surface area contributed by atoms with E-state index in [0.29, 0.717) is 0 Å². The van der Waals surface area contributed by atoms with Gasteiger partial charge in [-0.1, -0.05) is 54.1 Å². The fourth-order valence-corrected chi connectivity index (χ4v) is 2.91. The lowest BCUT2D eigenvalue weighted by atomic mass is 10.2. The molecular formula is C28H28O2. The van der Waals surface area contributed by atoms with E-state index in [1.165, 1.54) is 22.3 Å². The molecule has 0 atom stereocenters. The Bertz CT molecular complexity index is 1040. The molecule has 0 saturated heterocycles. The fourth-order valence-electron chi connectivity index (χ4n) is 2.91. The summed E-state index contributed by atoms with van der Waals surface area (Å²) in [5.41, 5.74) is 4.87. The maximum Gasteiger partial charge on any atom is 0.127 e. The molecule has 0 bridgehead atoms. The molecule has 0 aromatic heterocycles. The molecule has 4 rings (SSSR count). The second-order valence-electron chi connectivity index (χ2n) is 7.47. The van der Waals surface area contributed by atoms with E-state index in [0.717, 1.165) is 23.0 Å². The number of ether oxygens (including phenoxy) is 2. The van der Waals surface area contributed by atoms with Gasteiger partial charge in [-0.3, -0.25) is 0 Å². The van der Waals surface area contributed by atoms with Gasteiger partial charge in [0.25, 0.3) is 0 Å². The molecule has 0 aliphatic heterocycles. The second-order valence-corrected chi connectivity index (χ2v) is 7.47. The van der Waals surface area contributed by atoms with Crippen molar-refractivity contribution in [3.05, 3.63) is 119 Å². The average Bonchev–Trinajstić information content (AvgIpc) is 2.70. The van der Waals surface area contributed by atoms with E-state index in [9.17, 15) is 0 Å². The Morgan fingerprint density at radius 3 is 1.10 bits per heavy atom. The third kappa shape index (κ3) is 6.82. The molecule has 152 valence electrons. The van der Waals surface area contributed by atoms with Crippen molar-refractivity contribution in [1.82, 2.24) is 0 Å². The number of hydrogen-bond donors (Lipinski definition) is 0. The molecule has 4 aromatic carbocycles. The Kier molecular flexibility index (Phi) is 7.29. The summed E-state index contributed by atoms with van der Waals surface area (Å²) in [5, 5.41) is 0. The Hall–Kier alpha value is -3.52. The summed E-state index contributed by atoms with van der Waals surface area (Å²) in [6.45, 7) is 8.24. The van der Waals surface area contributed by atoms with Gasteiger partial charge in [-0.25, -0.2) is 0 Å². The highest BCUT2D eigenvalue weighted by molar-refractivity contribution is 5.36. The molecule has 0 aliphatic rings. The maximum absolute atomic E-state index is 5.74. The topological polar surface area (TPSA) is 18.5 Å². The summed E-state index contributed by atoms with van der Waals surface area (Å²) in [6, 6.07) is 32.2. The first-order chi connectivity index (χ1) is 14.5. The molecule has 0 heterocycles. The second kappa shape index (κ2) is 10.3. The van der Waals surface area contributed by atoms with Gasteiger partial charge in [-0.15, -0.1) is 0 Å². The number of rotatable bonds is 4. The highest BCUT2D eigenvalue weighted by Crippen LogP contribution is 2.23. The first kappa shape index (κ1) is 21.2. The standard InChI is InChI=1S/2C14H14O/c1-11-5-3-7-13(9-11)15-14-8-4-6-12(2)10-14;1-11-6-8-13(9-7-11)15-14-5-3-4-12(2)10-14/h2*3-10H,1-2H3. The molecule has 2 heteroatoms. The van der Waals surface area contributed by atoms with Crippen LogP contribution in [0.4, 0.5) is 0 Å². The van der Waals surface area contributed by atoms with E-state index >= 15 is 0 Å². The lowest BCUT2D eigenvalue weighted by Crippen LogP contribution is -1.84. The first-order valence-corrected chi connectivity index (χ1v) is 10.1. The summed E-state index contributed by atoms with van der Waals surface area (Å²) in [4.78, 5) is 0. The summed E-state index contributed by atoms with van der Waals surface area (Å²) in [5.74, 6) is 3.55. The number of benzene rings is 4. The number of aryl methyl sites for hydroxylation is 4. The molecule has 0 aliphatic carbocycles. The SMILES string of the molecule is Cc1ccc(Oc2cccc(C)c2)cc1.Cc1cccc(Oc2cccc(C)c2)c1. The first-order valence-electron chi connectivity index (χ1n) is 10.1. The van der Waals surface area contributed by atoms with Crippen LogP contribution in [0.25, 0.3) is 0 Å². The van der Waals surface area contributed by atoms with Crippen LogP contribution in [0.2, 0.25) is 0 Å². The minimum absolute atomic E-state index is 0.881. The summed E-state index contributed by atoms with van der Waals surface area (Å²) >= 11 is 0. The van der Waals surface area contributed by atoms with E-state index in [1.54, 1.807) is 0 Å². The van der Waals surface area contributed by atoms with E-state index in [4.69, 9.17) is 9.47 Å². The predicted octanol–water partition coefficient (Wildman–Crippen LogP) is 8.19. The van der Waals surface area contributed by atoms with E-state index in [-0.39, 0.29) is 0 Å². The quantitative estimate of drug-likeness (QED) is 0.346. The van der Waals surface area contributed by atoms with Gasteiger partial charge in [0.15, 0.2) is 0 Å². The normalized spacial score (nSPS) is 10.0. The van der Waals surface area contributed by atoms with Gasteiger partial charge in [0.05, 0.1) is 0 Å². The van der Waals surface area contributed by atoms with Crippen molar-refractivity contribution in [3.8, 4) is 23.0 Å². The Labute approximate surface area is 179 Å². The largest absolute Gasteiger partial charge is 0.457 e. The van der Waals surface area contributed by atoms with E-state index < -0.39 is 0 Å². The Morgan fingerprint density at radius 1 is 0.367 bits per heavy atom. The molecule has 30 heavy (non-hydrogen) atoms. The highest BCUT2D eigenvalue weighted by Gasteiger charge is 1.97. The minimum atomic E-state index is 0.881. The van der Waals surface area contributed by atoms with Crippen molar-refractivity contribution >= 4 is 0 Å². The van der Waals surface area contributed by atoms with Crippen LogP contribution in [0.15, 0.2) is 97.1 Å². The zero-order valence-electron chi connectivity index (χ0n) is 18.1. The van der Waals surface area contributed by atoms with Crippen LogP contribution >= 0.6 is 0 Å². The summed E-state index contributed by atoms with van der Waals surface area (Å²) < 4.78 is 11.5. The van der Waals surface area contributed by atoms with E-state index in [2.05, 4.69) is 45.9 Å². The van der Waals surface area contributed by atoms with Crippen LogP contribution in [-0.2, 0) is 0 Å². The fraction of sp³-hybridized carbons (Fsp3) is 0.143. The van der Waals surface area contributed by atoms with Gasteiger partial charge in [0, 0.05) is 0 Å². The molecule has 4 aromatic rings. The van der Waals surface area contributed by atoms with Crippen LogP contribution in [0.1, 0.15) is 22.3 Å². The maximum atomic E-state index is 5.74. The third-order valence-electron chi connectivity index (χ3n) is 4.46. The Balaban J connectivity index is 0.000000171. The van der Waals surface area contributed by atoms with Crippen LogP contribution < -0.4 is 9.47 Å². The molecule has 0 amide bonds. The van der Waals surface area contributed by atoms with Crippen LogP contribution in [0.3, 0.4) is 0 Å². The van der Waals surface area contributed by atoms with Crippen molar-refractivity contribution in [2.75, 3.05) is 0 Å². The van der Waals surface area contributed by atoms with Gasteiger partial charge < -0.3 is 9.47 Å². The van der Waals surface area contributed by atoms with Gasteiger partial charge >= 0.3 is 0 Å². The van der Waals surface area contributed by atoms with Crippen molar-refractivity contribution in [2.24, 2.45) is 0 Å². The monoisotopic (exact) mass is 396 g/mol.